The molecule has 0 radical (unpaired) electrons. The van der Waals surface area contributed by atoms with Crippen LogP contribution in [0.3, 0.4) is 0 Å². The van der Waals surface area contributed by atoms with E-state index in [1.165, 1.54) is 11.0 Å². The van der Waals surface area contributed by atoms with Crippen LogP contribution in [0, 0.1) is 11.6 Å². The summed E-state index contributed by atoms with van der Waals surface area (Å²) < 4.78 is 27.0. The van der Waals surface area contributed by atoms with Gasteiger partial charge in [0, 0.05) is 12.1 Å². The van der Waals surface area contributed by atoms with Gasteiger partial charge >= 0.3 is 0 Å². The van der Waals surface area contributed by atoms with E-state index in [0.717, 1.165) is 24.6 Å². The largest absolute Gasteiger partial charge is 0.328 e. The van der Waals surface area contributed by atoms with Gasteiger partial charge < -0.3 is 5.32 Å². The van der Waals surface area contributed by atoms with Crippen LogP contribution in [-0.2, 0) is 4.79 Å². The Hall–Kier alpha value is -1.82. The summed E-state index contributed by atoms with van der Waals surface area (Å²) in [6.45, 7) is 2.38. The van der Waals surface area contributed by atoms with Gasteiger partial charge in [0.25, 0.3) is 5.91 Å². The molecule has 1 amide bonds. The van der Waals surface area contributed by atoms with Crippen molar-refractivity contribution in [3.05, 3.63) is 41.1 Å². The third kappa shape index (κ3) is 2.63. The lowest BCUT2D eigenvalue weighted by Gasteiger charge is -2.11. The molecule has 1 saturated heterocycles. The highest BCUT2D eigenvalue weighted by Gasteiger charge is 2.30. The Kier molecular flexibility index (Phi) is 3.90. The molecule has 1 aromatic carbocycles. The SMILES string of the molecule is CCCN1C(=O)/C(=C/c2c(F)cccc2F)NC1=S. The second kappa shape index (κ2) is 5.44. The van der Waals surface area contributed by atoms with Crippen molar-refractivity contribution in [2.24, 2.45) is 0 Å². The van der Waals surface area contributed by atoms with Gasteiger partial charge in [-0.05, 0) is 36.8 Å². The summed E-state index contributed by atoms with van der Waals surface area (Å²) in [5, 5.41) is 2.94. The number of hydrogen-bond acceptors (Lipinski definition) is 2. The second-order valence-corrected chi connectivity index (χ2v) is 4.47. The zero-order valence-electron chi connectivity index (χ0n) is 10.2. The molecule has 1 fully saturated rings. The van der Waals surface area contributed by atoms with Gasteiger partial charge in [-0.25, -0.2) is 8.78 Å². The number of thiocarbonyl (C=S) groups is 1. The van der Waals surface area contributed by atoms with E-state index in [0.29, 0.717) is 6.54 Å². The third-order valence-corrected chi connectivity index (χ3v) is 3.02. The summed E-state index contributed by atoms with van der Waals surface area (Å²) in [6, 6.07) is 3.54. The van der Waals surface area contributed by atoms with E-state index < -0.39 is 11.6 Å². The Morgan fingerprint density at radius 1 is 1.37 bits per heavy atom. The fraction of sp³-hybridized carbons (Fsp3) is 0.231. The van der Waals surface area contributed by atoms with Gasteiger partial charge in [-0.1, -0.05) is 13.0 Å². The first-order chi connectivity index (χ1) is 9.04. The van der Waals surface area contributed by atoms with E-state index in [-0.39, 0.29) is 22.3 Å². The molecule has 0 spiro atoms. The number of nitrogens with one attached hydrogen (secondary N) is 1. The number of hydrogen-bond donors (Lipinski definition) is 1. The van der Waals surface area contributed by atoms with Gasteiger partial charge in [0.05, 0.1) is 0 Å². The number of halogens is 2. The molecule has 0 aromatic heterocycles. The molecule has 3 nitrogen and oxygen atoms in total. The Balaban J connectivity index is 2.35. The first-order valence-electron chi connectivity index (χ1n) is 5.83. The topological polar surface area (TPSA) is 32.3 Å². The van der Waals surface area contributed by atoms with Crippen LogP contribution in [0.4, 0.5) is 8.78 Å². The van der Waals surface area contributed by atoms with E-state index >= 15 is 0 Å². The predicted molar refractivity (Wildman–Crippen MR) is 72.1 cm³/mol. The van der Waals surface area contributed by atoms with Gasteiger partial charge in [-0.2, -0.15) is 0 Å². The maximum atomic E-state index is 13.5. The minimum atomic E-state index is -0.720. The summed E-state index contributed by atoms with van der Waals surface area (Å²) in [6.07, 6.45) is 1.89. The lowest BCUT2D eigenvalue weighted by molar-refractivity contribution is -0.122. The van der Waals surface area contributed by atoms with Crippen LogP contribution in [0.5, 0.6) is 0 Å². The van der Waals surface area contributed by atoms with Crippen LogP contribution in [0.25, 0.3) is 6.08 Å². The molecule has 1 aliphatic heterocycles. The molecular formula is C13H12F2N2OS. The lowest BCUT2D eigenvalue weighted by atomic mass is 10.1. The van der Waals surface area contributed by atoms with Crippen LogP contribution in [0.2, 0.25) is 0 Å². The van der Waals surface area contributed by atoms with E-state index in [1.807, 2.05) is 6.92 Å². The summed E-state index contributed by atoms with van der Waals surface area (Å²) in [4.78, 5) is 13.4. The van der Waals surface area contributed by atoms with Crippen molar-refractivity contribution < 1.29 is 13.6 Å². The molecule has 1 N–H and O–H groups in total. The fourth-order valence-electron chi connectivity index (χ4n) is 1.79. The highest BCUT2D eigenvalue weighted by Crippen LogP contribution is 2.19. The first kappa shape index (κ1) is 13.6. The molecule has 0 bridgehead atoms. The minimum absolute atomic E-state index is 0.0856. The molecule has 0 saturated carbocycles. The maximum absolute atomic E-state index is 13.5. The van der Waals surface area contributed by atoms with Gasteiger partial charge in [-0.3, -0.25) is 9.69 Å². The Morgan fingerprint density at radius 3 is 2.58 bits per heavy atom. The average Bonchev–Trinajstić information content (AvgIpc) is 2.62. The van der Waals surface area contributed by atoms with Crippen molar-refractivity contribution in [3.63, 3.8) is 0 Å². The number of nitrogens with zero attached hydrogens (tertiary/aromatic N) is 1. The molecular weight excluding hydrogens is 270 g/mol. The average molecular weight is 282 g/mol. The number of benzene rings is 1. The molecule has 100 valence electrons. The van der Waals surface area contributed by atoms with Gasteiger partial charge in [-0.15, -0.1) is 0 Å². The number of rotatable bonds is 3. The highest BCUT2D eigenvalue weighted by atomic mass is 32.1. The second-order valence-electron chi connectivity index (χ2n) is 4.08. The minimum Gasteiger partial charge on any atom is -0.328 e. The summed E-state index contributed by atoms with van der Waals surface area (Å²) in [5.74, 6) is -1.81. The smallest absolute Gasteiger partial charge is 0.276 e. The quantitative estimate of drug-likeness (QED) is 0.682. The summed E-state index contributed by atoms with van der Waals surface area (Å²) in [7, 11) is 0. The Bertz CT molecular complexity index is 552. The van der Waals surface area contributed by atoms with Crippen LogP contribution in [-0.4, -0.2) is 22.5 Å². The lowest BCUT2D eigenvalue weighted by Crippen LogP contribution is -2.31. The molecule has 0 aliphatic carbocycles. The van der Waals surface area contributed by atoms with Crippen molar-refractivity contribution in [3.8, 4) is 0 Å². The number of amides is 1. The van der Waals surface area contributed by atoms with Crippen molar-refractivity contribution in [1.29, 1.82) is 0 Å². The van der Waals surface area contributed by atoms with Crippen LogP contribution >= 0.6 is 12.2 Å². The van der Waals surface area contributed by atoms with E-state index in [4.69, 9.17) is 12.2 Å². The van der Waals surface area contributed by atoms with E-state index in [2.05, 4.69) is 5.32 Å². The van der Waals surface area contributed by atoms with E-state index in [9.17, 15) is 13.6 Å². The molecule has 1 aliphatic rings. The zero-order valence-corrected chi connectivity index (χ0v) is 11.1. The summed E-state index contributed by atoms with van der Waals surface area (Å²) in [5.41, 5.74) is -0.165. The molecule has 0 atom stereocenters. The molecule has 19 heavy (non-hydrogen) atoms. The van der Waals surface area contributed by atoms with Crippen molar-refractivity contribution in [2.75, 3.05) is 6.54 Å². The van der Waals surface area contributed by atoms with Crippen molar-refractivity contribution in [2.45, 2.75) is 13.3 Å². The third-order valence-electron chi connectivity index (χ3n) is 2.70. The molecule has 0 unspecified atom stereocenters. The van der Waals surface area contributed by atoms with Crippen molar-refractivity contribution in [1.82, 2.24) is 10.2 Å². The Morgan fingerprint density at radius 2 is 2.00 bits per heavy atom. The molecule has 2 rings (SSSR count). The standard InChI is InChI=1S/C13H12F2N2OS/c1-2-6-17-12(18)11(16-13(17)19)7-8-9(14)4-3-5-10(8)15/h3-5,7H,2,6H2,1H3,(H,16,19)/b11-7-. The van der Waals surface area contributed by atoms with Crippen molar-refractivity contribution >= 4 is 29.3 Å². The molecule has 6 heteroatoms. The number of carbonyl (C=O) groups excluding carboxylic acids is 1. The number of carbonyl (C=O) groups is 1. The highest BCUT2D eigenvalue weighted by molar-refractivity contribution is 7.80. The summed E-state index contributed by atoms with van der Waals surface area (Å²) >= 11 is 5.01. The van der Waals surface area contributed by atoms with Gasteiger partial charge in [0.15, 0.2) is 5.11 Å². The Labute approximate surface area is 114 Å². The fourth-order valence-corrected chi connectivity index (χ4v) is 2.08. The van der Waals surface area contributed by atoms with Crippen LogP contribution in [0.15, 0.2) is 23.9 Å². The zero-order chi connectivity index (χ0) is 14.0. The van der Waals surface area contributed by atoms with E-state index in [1.54, 1.807) is 0 Å². The van der Waals surface area contributed by atoms with Crippen LogP contribution in [0.1, 0.15) is 18.9 Å². The predicted octanol–water partition coefficient (Wildman–Crippen LogP) is 2.43. The first-order valence-corrected chi connectivity index (χ1v) is 6.24. The van der Waals surface area contributed by atoms with Crippen LogP contribution < -0.4 is 5.32 Å². The molecule has 1 heterocycles. The normalized spacial score (nSPS) is 17.2. The maximum Gasteiger partial charge on any atom is 0.276 e. The van der Waals surface area contributed by atoms with Gasteiger partial charge in [0.2, 0.25) is 0 Å². The van der Waals surface area contributed by atoms with Gasteiger partial charge in [0.1, 0.15) is 17.3 Å². The monoisotopic (exact) mass is 282 g/mol. The molecule has 1 aromatic rings.